The third-order valence-electron chi connectivity index (χ3n) is 10.9. The van der Waals surface area contributed by atoms with Gasteiger partial charge in [-0.05, 0) is 70.8 Å². The molecule has 15 nitrogen and oxygen atoms in total. The summed E-state index contributed by atoms with van der Waals surface area (Å²) in [4.78, 5) is 0.778. The summed E-state index contributed by atoms with van der Waals surface area (Å²) >= 11 is -1.94. The maximum Gasteiger partial charge on any atom is 0.203 e. The standard InChI is InChI=1S/C50H54O15S/c1-52-37-15-27(16-38(53-2)47(37)62-11)33-23-31(24-34(45(33)60-9)28-17-39(54-3)48(63-12)40(18-28)55-4)66(51)32-25-35(29-19-41(56-5)49(64-13)42(20-29)57-6)46(61-10)36(26-32)30-21-43(58-7)50(65-14)44(22-30)59-8/h15-26H,1-14H3. The molecule has 0 bridgehead atoms. The molecule has 0 N–H and O–H groups in total. The Hall–Kier alpha value is -7.17. The third-order valence-corrected chi connectivity index (χ3v) is 12.2. The summed E-state index contributed by atoms with van der Waals surface area (Å²) in [5.41, 5.74) is 4.65. The number of hydrogen-bond donors (Lipinski definition) is 0. The molecule has 6 aromatic rings. The van der Waals surface area contributed by atoms with Crippen LogP contribution in [-0.2, 0) is 11.2 Å². The van der Waals surface area contributed by atoms with Gasteiger partial charge in [-0.15, -0.1) is 0 Å². The van der Waals surface area contributed by atoms with E-state index in [4.69, 9.17) is 66.3 Å². The molecule has 0 aromatic heterocycles. The molecular formula is C50H54O15S. The molecule has 0 fully saturated rings. The summed E-state index contributed by atoms with van der Waals surface area (Å²) in [7, 11) is 21.5. The van der Waals surface area contributed by atoms with Gasteiger partial charge >= 0.3 is 0 Å². The van der Waals surface area contributed by atoms with Crippen molar-refractivity contribution in [3.8, 4) is 125 Å². The number of hydrogen-bond acceptors (Lipinski definition) is 15. The fourth-order valence-corrected chi connectivity index (χ4v) is 8.97. The predicted molar refractivity (Wildman–Crippen MR) is 251 cm³/mol. The van der Waals surface area contributed by atoms with Crippen LogP contribution >= 0.6 is 0 Å². The third kappa shape index (κ3) is 8.93. The number of methoxy groups -OCH3 is 14. The Balaban J connectivity index is 1.75. The zero-order valence-corrected chi connectivity index (χ0v) is 40.3. The van der Waals surface area contributed by atoms with Crippen molar-refractivity contribution < 1.29 is 70.9 Å². The van der Waals surface area contributed by atoms with E-state index in [2.05, 4.69) is 0 Å². The largest absolute Gasteiger partial charge is 0.606 e. The van der Waals surface area contributed by atoms with Crippen molar-refractivity contribution in [1.82, 2.24) is 0 Å². The molecule has 0 aliphatic heterocycles. The minimum absolute atomic E-state index is 0.389. The molecule has 0 atom stereocenters. The molecule has 0 saturated heterocycles. The van der Waals surface area contributed by atoms with Crippen LogP contribution in [-0.4, -0.2) is 104 Å². The van der Waals surface area contributed by atoms with Gasteiger partial charge in [-0.25, -0.2) is 0 Å². The van der Waals surface area contributed by atoms with Crippen LogP contribution in [0.25, 0.3) is 44.5 Å². The van der Waals surface area contributed by atoms with Crippen LogP contribution in [0, 0.1) is 0 Å². The Kier molecular flexibility index (Phi) is 15.5. The Morgan fingerprint density at radius 1 is 0.242 bits per heavy atom. The van der Waals surface area contributed by atoms with Crippen molar-refractivity contribution in [2.45, 2.75) is 9.79 Å². The molecule has 6 aromatic carbocycles. The molecule has 0 spiro atoms. The summed E-state index contributed by atoms with van der Waals surface area (Å²) < 4.78 is 97.0. The second kappa shape index (κ2) is 21.2. The Labute approximate surface area is 388 Å². The van der Waals surface area contributed by atoms with E-state index in [-0.39, 0.29) is 0 Å². The summed E-state index contributed by atoms with van der Waals surface area (Å²) in [6, 6.07) is 21.6. The van der Waals surface area contributed by atoms with Crippen LogP contribution in [0.15, 0.2) is 82.6 Å². The highest BCUT2D eigenvalue weighted by molar-refractivity contribution is 7.91. The van der Waals surface area contributed by atoms with E-state index in [1.165, 1.54) is 85.3 Å². The van der Waals surface area contributed by atoms with E-state index >= 15 is 4.55 Å². The first-order valence-corrected chi connectivity index (χ1v) is 21.2. The van der Waals surface area contributed by atoms with Crippen molar-refractivity contribution >= 4 is 11.2 Å². The highest BCUT2D eigenvalue weighted by atomic mass is 32.2. The van der Waals surface area contributed by atoms with Gasteiger partial charge in [0.15, 0.2) is 55.8 Å². The van der Waals surface area contributed by atoms with E-state index in [9.17, 15) is 0 Å². The molecule has 350 valence electrons. The number of ether oxygens (including phenoxy) is 14. The maximum absolute atomic E-state index is 15.7. The molecule has 0 aliphatic rings. The van der Waals surface area contributed by atoms with Crippen LogP contribution in [0.3, 0.4) is 0 Å². The zero-order chi connectivity index (χ0) is 47.8. The van der Waals surface area contributed by atoms with Gasteiger partial charge in [0.2, 0.25) is 23.0 Å². The van der Waals surface area contributed by atoms with Crippen molar-refractivity contribution in [2.24, 2.45) is 0 Å². The first-order chi connectivity index (χ1) is 32.0. The van der Waals surface area contributed by atoms with Crippen molar-refractivity contribution in [3.05, 3.63) is 72.8 Å². The lowest BCUT2D eigenvalue weighted by Gasteiger charge is -2.22. The van der Waals surface area contributed by atoms with Gasteiger partial charge in [0.25, 0.3) is 0 Å². The summed E-state index contributed by atoms with van der Waals surface area (Å²) in [6.07, 6.45) is 0. The van der Waals surface area contributed by atoms with Gasteiger partial charge in [0.05, 0.1) is 99.5 Å². The van der Waals surface area contributed by atoms with Gasteiger partial charge < -0.3 is 70.9 Å². The molecule has 16 heteroatoms. The monoisotopic (exact) mass is 926 g/mol. The lowest BCUT2D eigenvalue weighted by molar-refractivity contribution is 0.324. The van der Waals surface area contributed by atoms with Gasteiger partial charge in [-0.2, -0.15) is 0 Å². The van der Waals surface area contributed by atoms with Gasteiger partial charge in [0, 0.05) is 57.7 Å². The molecule has 0 aliphatic carbocycles. The fourth-order valence-electron chi connectivity index (χ4n) is 7.80. The smallest absolute Gasteiger partial charge is 0.203 e. The molecule has 66 heavy (non-hydrogen) atoms. The van der Waals surface area contributed by atoms with E-state index < -0.39 is 11.2 Å². The Bertz CT molecular complexity index is 2250. The van der Waals surface area contributed by atoms with Crippen LogP contribution in [0.4, 0.5) is 0 Å². The maximum atomic E-state index is 15.7. The predicted octanol–water partition coefficient (Wildman–Crippen LogP) is 9.64. The average Bonchev–Trinajstić information content (AvgIpc) is 3.37. The zero-order valence-electron chi connectivity index (χ0n) is 39.5. The van der Waals surface area contributed by atoms with E-state index in [1.54, 1.807) is 87.0 Å². The van der Waals surface area contributed by atoms with Crippen LogP contribution in [0.2, 0.25) is 0 Å². The average molecular weight is 927 g/mol. The quantitative estimate of drug-likeness (QED) is 0.0668. The molecule has 6 rings (SSSR count). The van der Waals surface area contributed by atoms with Crippen molar-refractivity contribution in [3.63, 3.8) is 0 Å². The molecular weight excluding hydrogens is 873 g/mol. The fraction of sp³-hybridized carbons (Fsp3) is 0.280. The summed E-state index contributed by atoms with van der Waals surface area (Å²) in [5, 5.41) is 0. The van der Waals surface area contributed by atoms with E-state index in [0.29, 0.717) is 135 Å². The van der Waals surface area contributed by atoms with Crippen LogP contribution in [0.1, 0.15) is 0 Å². The molecule has 0 saturated carbocycles. The van der Waals surface area contributed by atoms with Crippen molar-refractivity contribution in [2.75, 3.05) is 99.5 Å². The lowest BCUT2D eigenvalue weighted by Crippen LogP contribution is -2.07. The highest BCUT2D eigenvalue weighted by Crippen LogP contribution is 2.52. The Morgan fingerprint density at radius 2 is 0.409 bits per heavy atom. The highest BCUT2D eigenvalue weighted by Gasteiger charge is 2.30. The Morgan fingerprint density at radius 3 is 0.545 bits per heavy atom. The van der Waals surface area contributed by atoms with Crippen LogP contribution in [0.5, 0.6) is 80.5 Å². The number of benzene rings is 6. The second-order valence-electron chi connectivity index (χ2n) is 14.0. The minimum Gasteiger partial charge on any atom is -0.606 e. The summed E-state index contributed by atoms with van der Waals surface area (Å²) in [5.74, 6) is 5.63. The van der Waals surface area contributed by atoms with Crippen LogP contribution < -0.4 is 66.3 Å². The van der Waals surface area contributed by atoms with E-state index in [1.807, 2.05) is 0 Å². The van der Waals surface area contributed by atoms with Gasteiger partial charge in [-0.1, -0.05) is 0 Å². The van der Waals surface area contributed by atoms with Crippen molar-refractivity contribution in [1.29, 1.82) is 0 Å². The summed E-state index contributed by atoms with van der Waals surface area (Å²) in [6.45, 7) is 0. The van der Waals surface area contributed by atoms with Gasteiger partial charge in [-0.3, -0.25) is 0 Å². The molecule has 0 radical (unpaired) electrons. The lowest BCUT2D eigenvalue weighted by atomic mass is 9.96. The second-order valence-corrected chi connectivity index (χ2v) is 15.5. The van der Waals surface area contributed by atoms with Gasteiger partial charge in [0.1, 0.15) is 11.5 Å². The first kappa shape index (κ1) is 48.3. The normalized spacial score (nSPS) is 10.8. The first-order valence-electron chi connectivity index (χ1n) is 20.1. The molecule has 0 unspecified atom stereocenters. The topological polar surface area (TPSA) is 152 Å². The molecule has 0 heterocycles. The SMILES string of the molecule is COc1cc(-c2cc([S+]([O-])c3cc(-c4cc(OC)c(OC)c(OC)c4)c(OC)c(-c4cc(OC)c(OC)c(OC)c4)c3)cc(-c3cc(OC)c(OC)c(OC)c3)c2OC)cc(OC)c1OC. The minimum atomic E-state index is -1.94. The number of rotatable bonds is 20. The molecule has 0 amide bonds. The van der Waals surface area contributed by atoms with E-state index in [0.717, 1.165) is 0 Å².